The van der Waals surface area contributed by atoms with Gasteiger partial charge in [0.05, 0.1) is 0 Å². The van der Waals surface area contributed by atoms with E-state index < -0.39 is 0 Å². The highest BCUT2D eigenvalue weighted by Gasteiger charge is 2.22. The Morgan fingerprint density at radius 2 is 2.00 bits per heavy atom. The summed E-state index contributed by atoms with van der Waals surface area (Å²) in [6, 6.07) is 0.576. The lowest BCUT2D eigenvalue weighted by Gasteiger charge is -2.27. The van der Waals surface area contributed by atoms with Crippen molar-refractivity contribution < 1.29 is 9.53 Å². The van der Waals surface area contributed by atoms with Gasteiger partial charge in [-0.2, -0.15) is 0 Å². The number of rotatable bonds is 5. The van der Waals surface area contributed by atoms with Gasteiger partial charge in [0.1, 0.15) is 6.10 Å². The molecule has 0 aromatic carbocycles. The van der Waals surface area contributed by atoms with E-state index in [1.54, 1.807) is 0 Å². The maximum atomic E-state index is 11.5. The average molecular weight is 355 g/mol. The molecule has 2 N–H and O–H groups in total. The molecule has 0 saturated heterocycles. The Morgan fingerprint density at radius 3 is 2.53 bits per heavy atom. The van der Waals surface area contributed by atoms with Crippen LogP contribution in [0.4, 0.5) is 4.79 Å². The monoisotopic (exact) mass is 355 g/mol. The van der Waals surface area contributed by atoms with Crippen LogP contribution < -0.4 is 8.85 Å². The number of ether oxygens (including phenoxy) is 1. The number of likely N-dealkylation sites (N-methyl/N-ethyl adjacent to an activating group) is 1. The Kier molecular flexibility index (Phi) is 7.14. The van der Waals surface area contributed by atoms with E-state index in [-0.39, 0.29) is 12.2 Å². The van der Waals surface area contributed by atoms with Crippen molar-refractivity contribution in [1.82, 2.24) is 13.7 Å². The molecule has 0 aromatic heterocycles. The highest BCUT2D eigenvalue weighted by Crippen LogP contribution is 2.21. The van der Waals surface area contributed by atoms with Gasteiger partial charge < -0.3 is 15.0 Å². The van der Waals surface area contributed by atoms with Crippen molar-refractivity contribution in [3.05, 3.63) is 0 Å². The second kappa shape index (κ2) is 8.10. The zero-order valence-electron chi connectivity index (χ0n) is 10.5. The molecule has 0 aliphatic heterocycles. The summed E-state index contributed by atoms with van der Waals surface area (Å²) in [5, 5.41) is 2.77. The van der Waals surface area contributed by atoms with Gasteiger partial charge in [0.15, 0.2) is 0 Å². The molecule has 1 rings (SSSR count). The molecular weight excluding hydrogens is 333 g/mol. The first-order chi connectivity index (χ1) is 8.11. The smallest absolute Gasteiger partial charge is 0.407 e. The summed E-state index contributed by atoms with van der Waals surface area (Å²) >= 11 is 2.19. The summed E-state index contributed by atoms with van der Waals surface area (Å²) in [4.78, 5) is 13.5. The number of carbonyl (C=O) groups excluding carboxylic acids is 1. The van der Waals surface area contributed by atoms with Gasteiger partial charge in [0.2, 0.25) is 0 Å². The van der Waals surface area contributed by atoms with Gasteiger partial charge in [-0.15, -0.1) is 0 Å². The van der Waals surface area contributed by atoms with Crippen LogP contribution in [0.3, 0.4) is 0 Å². The molecule has 1 saturated carbocycles. The number of carbonyl (C=O) groups is 1. The lowest BCUT2D eigenvalue weighted by Crippen LogP contribution is -2.36. The van der Waals surface area contributed by atoms with Gasteiger partial charge >= 0.3 is 6.09 Å². The maximum Gasteiger partial charge on any atom is 0.407 e. The SMILES string of the molecule is CN(C)CCNC(=O)OC1CCC(NI)CC1. The molecule has 0 unspecified atom stereocenters. The highest BCUT2D eigenvalue weighted by molar-refractivity contribution is 14.1. The third-order valence-corrected chi connectivity index (χ3v) is 3.81. The minimum Gasteiger partial charge on any atom is -0.446 e. The molecule has 0 heterocycles. The van der Waals surface area contributed by atoms with E-state index in [1.807, 2.05) is 19.0 Å². The molecule has 0 spiro atoms. The Morgan fingerprint density at radius 1 is 1.35 bits per heavy atom. The Hall–Kier alpha value is -0.0800. The van der Waals surface area contributed by atoms with Crippen LogP contribution in [-0.4, -0.2) is 50.3 Å². The van der Waals surface area contributed by atoms with E-state index >= 15 is 0 Å². The average Bonchev–Trinajstić information content (AvgIpc) is 2.29. The number of hydrogen-bond donors (Lipinski definition) is 2. The van der Waals surface area contributed by atoms with Gasteiger partial charge in [-0.1, -0.05) is 0 Å². The first-order valence-corrected chi connectivity index (χ1v) is 7.15. The maximum absolute atomic E-state index is 11.5. The summed E-state index contributed by atoms with van der Waals surface area (Å²) in [5.74, 6) is 0. The normalized spacial score (nSPS) is 24.7. The molecule has 0 bridgehead atoms. The number of nitrogens with zero attached hydrogens (tertiary/aromatic N) is 1. The van der Waals surface area contributed by atoms with Crippen molar-refractivity contribution in [2.45, 2.75) is 37.8 Å². The van der Waals surface area contributed by atoms with Crippen LogP contribution in [0, 0.1) is 0 Å². The molecule has 0 aromatic rings. The number of alkyl carbamates (subject to hydrolysis) is 1. The molecule has 5 nitrogen and oxygen atoms in total. The van der Waals surface area contributed by atoms with Crippen LogP contribution >= 0.6 is 22.9 Å². The number of hydrogen-bond acceptors (Lipinski definition) is 4. The highest BCUT2D eigenvalue weighted by atomic mass is 127. The minimum atomic E-state index is -0.280. The van der Waals surface area contributed by atoms with Gasteiger partial charge in [0, 0.05) is 42.0 Å². The van der Waals surface area contributed by atoms with Crippen LogP contribution in [-0.2, 0) is 4.74 Å². The first kappa shape index (κ1) is 15.0. The molecule has 0 radical (unpaired) electrons. The van der Waals surface area contributed by atoms with Gasteiger partial charge in [-0.05, 0) is 39.8 Å². The standard InChI is InChI=1S/C11H22IN3O2/c1-15(2)8-7-13-11(16)17-10-5-3-9(14-12)4-6-10/h9-10,14H,3-8H2,1-2H3,(H,13,16). The van der Waals surface area contributed by atoms with E-state index in [4.69, 9.17) is 4.74 Å². The molecule has 1 aliphatic carbocycles. The molecule has 0 atom stereocenters. The molecule has 6 heteroatoms. The predicted octanol–water partition coefficient (Wildman–Crippen LogP) is 1.52. The molecule has 17 heavy (non-hydrogen) atoms. The second-order valence-corrected chi connectivity index (χ2v) is 5.34. The first-order valence-electron chi connectivity index (χ1n) is 6.07. The fourth-order valence-corrected chi connectivity index (χ4v) is 2.49. The van der Waals surface area contributed by atoms with E-state index in [0.29, 0.717) is 12.6 Å². The molecule has 100 valence electrons. The summed E-state index contributed by atoms with van der Waals surface area (Å²) in [6.07, 6.45) is 3.90. The Bertz CT molecular complexity index is 231. The van der Waals surface area contributed by atoms with Crippen molar-refractivity contribution in [1.29, 1.82) is 0 Å². The van der Waals surface area contributed by atoms with E-state index in [2.05, 4.69) is 31.7 Å². The van der Waals surface area contributed by atoms with Gasteiger partial charge in [0.25, 0.3) is 0 Å². The van der Waals surface area contributed by atoms with Crippen molar-refractivity contribution >= 4 is 29.0 Å². The topological polar surface area (TPSA) is 53.6 Å². The summed E-state index contributed by atoms with van der Waals surface area (Å²) in [6.45, 7) is 1.47. The number of nitrogens with one attached hydrogen (secondary N) is 2. The fourth-order valence-electron chi connectivity index (χ4n) is 1.86. The van der Waals surface area contributed by atoms with Crippen LogP contribution in [0.15, 0.2) is 0 Å². The zero-order valence-corrected chi connectivity index (χ0v) is 12.7. The van der Waals surface area contributed by atoms with Crippen molar-refractivity contribution in [3.8, 4) is 0 Å². The number of halogens is 1. The zero-order chi connectivity index (χ0) is 12.7. The number of amides is 1. The van der Waals surface area contributed by atoms with Crippen LogP contribution in [0.5, 0.6) is 0 Å². The Labute approximate surface area is 117 Å². The molecule has 1 amide bonds. The van der Waals surface area contributed by atoms with Crippen molar-refractivity contribution in [2.24, 2.45) is 0 Å². The van der Waals surface area contributed by atoms with Gasteiger partial charge in [-0.3, -0.25) is 3.53 Å². The predicted molar refractivity (Wildman–Crippen MR) is 76.2 cm³/mol. The fraction of sp³-hybridized carbons (Fsp3) is 0.909. The van der Waals surface area contributed by atoms with Crippen LogP contribution in [0.1, 0.15) is 25.7 Å². The van der Waals surface area contributed by atoms with E-state index in [1.165, 1.54) is 0 Å². The lowest BCUT2D eigenvalue weighted by atomic mass is 9.94. The largest absolute Gasteiger partial charge is 0.446 e. The van der Waals surface area contributed by atoms with E-state index in [0.717, 1.165) is 32.2 Å². The van der Waals surface area contributed by atoms with Crippen LogP contribution in [0.2, 0.25) is 0 Å². The third-order valence-electron chi connectivity index (χ3n) is 2.93. The van der Waals surface area contributed by atoms with Crippen LogP contribution in [0.25, 0.3) is 0 Å². The van der Waals surface area contributed by atoms with E-state index in [9.17, 15) is 4.79 Å². The second-order valence-electron chi connectivity index (χ2n) is 4.72. The summed E-state index contributed by atoms with van der Waals surface area (Å²) in [7, 11) is 3.96. The molecule has 1 aliphatic rings. The molecular formula is C11H22IN3O2. The van der Waals surface area contributed by atoms with Crippen molar-refractivity contribution in [3.63, 3.8) is 0 Å². The van der Waals surface area contributed by atoms with Gasteiger partial charge in [-0.25, -0.2) is 4.79 Å². The lowest BCUT2D eigenvalue weighted by molar-refractivity contribution is 0.0709. The third kappa shape index (κ3) is 6.42. The quantitative estimate of drug-likeness (QED) is 0.580. The molecule has 1 fully saturated rings. The Balaban J connectivity index is 2.10. The van der Waals surface area contributed by atoms with Crippen molar-refractivity contribution in [2.75, 3.05) is 27.2 Å². The minimum absolute atomic E-state index is 0.0929. The summed E-state index contributed by atoms with van der Waals surface area (Å²) in [5.41, 5.74) is 0. The summed E-state index contributed by atoms with van der Waals surface area (Å²) < 4.78 is 8.60.